The molecule has 0 radical (unpaired) electrons. The highest BCUT2D eigenvalue weighted by Crippen LogP contribution is 2.31. The molecule has 192 valence electrons. The van der Waals surface area contributed by atoms with Crippen molar-refractivity contribution in [3.63, 3.8) is 0 Å². The van der Waals surface area contributed by atoms with Gasteiger partial charge in [-0.3, -0.25) is 4.79 Å². The van der Waals surface area contributed by atoms with Gasteiger partial charge in [-0.2, -0.15) is 9.78 Å². The number of hydrogen-bond acceptors (Lipinski definition) is 7. The van der Waals surface area contributed by atoms with E-state index in [1.165, 1.54) is 11.8 Å². The summed E-state index contributed by atoms with van der Waals surface area (Å²) in [5.41, 5.74) is 1.63. The maximum Gasteiger partial charge on any atom is 0.346 e. The Bertz CT molecular complexity index is 1770. The van der Waals surface area contributed by atoms with E-state index in [9.17, 15) is 9.59 Å². The van der Waals surface area contributed by atoms with Crippen molar-refractivity contribution in [2.45, 2.75) is 13.0 Å². The van der Waals surface area contributed by atoms with E-state index in [1.807, 2.05) is 42.5 Å². The zero-order valence-electron chi connectivity index (χ0n) is 19.9. The van der Waals surface area contributed by atoms with E-state index in [0.29, 0.717) is 28.0 Å². The lowest BCUT2D eigenvalue weighted by atomic mass is 10.2. The van der Waals surface area contributed by atoms with Crippen LogP contribution in [0.1, 0.15) is 12.5 Å². The maximum atomic E-state index is 13.5. The Labute approximate surface area is 252 Å². The highest BCUT2D eigenvalue weighted by atomic mass is 127. The van der Waals surface area contributed by atoms with E-state index in [2.05, 4.69) is 66.2 Å². The number of hydrogen-bond donors (Lipinski definition) is 0. The zero-order chi connectivity index (χ0) is 27.0. The number of halogens is 3. The number of rotatable bonds is 6. The second-order valence-corrected chi connectivity index (χ2v) is 11.4. The number of para-hydroxylation sites is 1. The van der Waals surface area contributed by atoms with Crippen LogP contribution in [0.3, 0.4) is 0 Å². The molecular formula is C27H18BrI2N3O5. The van der Waals surface area contributed by atoms with Gasteiger partial charge >= 0.3 is 5.97 Å². The second kappa shape index (κ2) is 11.1. The Morgan fingerprint density at radius 2 is 1.87 bits per heavy atom. The summed E-state index contributed by atoms with van der Waals surface area (Å²) in [5, 5.41) is 5.84. The first-order valence-electron chi connectivity index (χ1n) is 11.2. The lowest BCUT2D eigenvalue weighted by Crippen LogP contribution is -2.25. The summed E-state index contributed by atoms with van der Waals surface area (Å²) in [5.74, 6) is 0.812. The number of methoxy groups -OCH3 is 1. The van der Waals surface area contributed by atoms with Gasteiger partial charge in [-0.15, -0.1) is 0 Å². The number of carbonyl (C=O) groups is 1. The Hall–Kier alpha value is -2.78. The minimum atomic E-state index is -0.754. The fourth-order valence-electron chi connectivity index (χ4n) is 3.80. The number of furan rings is 1. The molecule has 0 aliphatic heterocycles. The molecule has 0 saturated carbocycles. The minimum Gasteiger partial charge on any atom is -0.477 e. The van der Waals surface area contributed by atoms with Crippen LogP contribution in [0.2, 0.25) is 0 Å². The van der Waals surface area contributed by atoms with Crippen molar-refractivity contribution in [3.8, 4) is 17.3 Å². The van der Waals surface area contributed by atoms with Gasteiger partial charge in [0.2, 0.25) is 5.82 Å². The third kappa shape index (κ3) is 5.36. The van der Waals surface area contributed by atoms with Gasteiger partial charge in [-0.1, -0.05) is 28.1 Å². The second-order valence-electron chi connectivity index (χ2n) is 8.20. The van der Waals surface area contributed by atoms with E-state index in [-0.39, 0.29) is 11.4 Å². The van der Waals surface area contributed by atoms with E-state index in [4.69, 9.17) is 18.9 Å². The number of fused-ring (bicyclic) bond motifs is 2. The number of esters is 1. The molecule has 0 spiro atoms. The van der Waals surface area contributed by atoms with Gasteiger partial charge < -0.3 is 13.9 Å². The van der Waals surface area contributed by atoms with E-state index in [1.54, 1.807) is 31.3 Å². The lowest BCUT2D eigenvalue weighted by molar-refractivity contribution is -0.147. The number of aromatic nitrogens is 2. The first kappa shape index (κ1) is 26.8. The minimum absolute atomic E-state index is 0.286. The summed E-state index contributed by atoms with van der Waals surface area (Å²) in [4.78, 5) is 30.0. The lowest BCUT2D eigenvalue weighted by Gasteiger charge is -2.15. The molecule has 8 nitrogen and oxygen atoms in total. The monoisotopic (exact) mass is 797 g/mol. The Balaban J connectivity index is 1.59. The molecule has 5 rings (SSSR count). The van der Waals surface area contributed by atoms with Crippen LogP contribution in [-0.4, -0.2) is 35.1 Å². The Kier molecular flexibility index (Phi) is 7.86. The van der Waals surface area contributed by atoms with Crippen molar-refractivity contribution < 1.29 is 18.7 Å². The summed E-state index contributed by atoms with van der Waals surface area (Å²) >= 11 is 7.75. The van der Waals surface area contributed by atoms with Crippen LogP contribution in [0, 0.1) is 7.14 Å². The molecule has 0 saturated heterocycles. The molecule has 0 amide bonds. The number of nitrogens with zero attached hydrogens (tertiary/aromatic N) is 3. The van der Waals surface area contributed by atoms with Crippen LogP contribution in [0.5, 0.6) is 5.75 Å². The normalized spacial score (nSPS) is 12.3. The predicted octanol–water partition coefficient (Wildman–Crippen LogP) is 6.60. The molecule has 5 aromatic rings. The fourth-order valence-corrected chi connectivity index (χ4v) is 6.25. The van der Waals surface area contributed by atoms with E-state index in [0.717, 1.165) is 22.6 Å². The average Bonchev–Trinajstić information content (AvgIpc) is 3.32. The summed E-state index contributed by atoms with van der Waals surface area (Å²) in [7, 11) is 1.32. The molecule has 11 heteroatoms. The van der Waals surface area contributed by atoms with Crippen LogP contribution >= 0.6 is 61.1 Å². The highest BCUT2D eigenvalue weighted by Gasteiger charge is 2.19. The van der Waals surface area contributed by atoms with Crippen molar-refractivity contribution in [2.75, 3.05) is 7.11 Å². The van der Waals surface area contributed by atoms with Crippen molar-refractivity contribution in [1.82, 2.24) is 9.66 Å². The van der Waals surface area contributed by atoms with E-state index >= 15 is 0 Å². The van der Waals surface area contributed by atoms with Gasteiger partial charge in [-0.25, -0.2) is 9.78 Å². The van der Waals surface area contributed by atoms with Gasteiger partial charge in [0.15, 0.2) is 11.9 Å². The summed E-state index contributed by atoms with van der Waals surface area (Å²) in [6.07, 6.45) is 0.828. The molecule has 0 aliphatic rings. The molecule has 38 heavy (non-hydrogen) atoms. The molecule has 0 aliphatic carbocycles. The average molecular weight is 798 g/mol. The number of ether oxygens (including phenoxy) is 2. The first-order chi connectivity index (χ1) is 18.2. The molecule has 0 fully saturated rings. The summed E-state index contributed by atoms with van der Waals surface area (Å²) in [6, 6.07) is 18.3. The van der Waals surface area contributed by atoms with E-state index < -0.39 is 12.1 Å². The largest absolute Gasteiger partial charge is 0.477 e. The third-order valence-corrected chi connectivity index (χ3v) is 7.72. The molecule has 2 heterocycles. The zero-order valence-corrected chi connectivity index (χ0v) is 25.8. The molecule has 0 N–H and O–H groups in total. The van der Waals surface area contributed by atoms with Crippen molar-refractivity contribution in [1.29, 1.82) is 0 Å². The Morgan fingerprint density at radius 1 is 1.13 bits per heavy atom. The molecular weight excluding hydrogens is 780 g/mol. The molecule has 0 unspecified atom stereocenters. The molecule has 3 aromatic carbocycles. The van der Waals surface area contributed by atoms with Gasteiger partial charge in [0.25, 0.3) is 5.56 Å². The van der Waals surface area contributed by atoms with Gasteiger partial charge in [0, 0.05) is 9.86 Å². The third-order valence-electron chi connectivity index (χ3n) is 5.62. The predicted molar refractivity (Wildman–Crippen MR) is 166 cm³/mol. The quantitative estimate of drug-likeness (QED) is 0.109. The summed E-state index contributed by atoms with van der Waals surface area (Å²) < 4.78 is 20.3. The number of carbonyl (C=O) groups excluding carboxylic acids is 1. The van der Waals surface area contributed by atoms with Crippen molar-refractivity contribution in [3.05, 3.63) is 88.2 Å². The highest BCUT2D eigenvalue weighted by molar-refractivity contribution is 14.1. The molecule has 1 atom stereocenters. The standard InChI is InChI=1S/C27H18BrI2N3O5/c1-14(27(35)36-2)37-24-19(29)9-15(10-20(24)30)13-31-33-25(32-21-6-4-3-5-18(21)26(33)34)23-12-16-11-17(28)7-8-22(16)38-23/h3-14H,1-2H3/t14-/m0/s1. The number of benzene rings is 3. The van der Waals surface area contributed by atoms with Crippen molar-refractivity contribution in [2.24, 2.45) is 5.10 Å². The maximum absolute atomic E-state index is 13.5. The van der Waals surface area contributed by atoms with Crippen molar-refractivity contribution >= 4 is 95.2 Å². The van der Waals surface area contributed by atoms with Gasteiger partial charge in [0.1, 0.15) is 11.3 Å². The van der Waals surface area contributed by atoms with Crippen LogP contribution in [0.25, 0.3) is 33.5 Å². The molecule has 2 aromatic heterocycles. The first-order valence-corrected chi connectivity index (χ1v) is 14.2. The topological polar surface area (TPSA) is 95.9 Å². The summed E-state index contributed by atoms with van der Waals surface area (Å²) in [6.45, 7) is 1.63. The SMILES string of the molecule is COC(=O)[C@H](C)Oc1c(I)cc(C=Nn2c(-c3cc4cc(Br)ccc4o3)nc3ccccc3c2=O)cc1I. The van der Waals surface area contributed by atoms with Crippen LogP contribution < -0.4 is 10.3 Å². The Morgan fingerprint density at radius 3 is 2.61 bits per heavy atom. The van der Waals surface area contributed by atoms with Crippen LogP contribution in [0.15, 0.2) is 79.4 Å². The van der Waals surface area contributed by atoms with Gasteiger partial charge in [0.05, 0.1) is 31.4 Å². The smallest absolute Gasteiger partial charge is 0.346 e. The van der Waals surface area contributed by atoms with Crippen LogP contribution in [-0.2, 0) is 9.53 Å². The van der Waals surface area contributed by atoms with Crippen LogP contribution in [0.4, 0.5) is 0 Å². The van der Waals surface area contributed by atoms with Gasteiger partial charge in [-0.05, 0) is 106 Å². The molecule has 0 bridgehead atoms. The fraction of sp³-hybridized carbons (Fsp3) is 0.111.